The molecule has 1 aliphatic rings. The lowest BCUT2D eigenvalue weighted by atomic mass is 10.2. The highest BCUT2D eigenvalue weighted by Gasteiger charge is 2.28. The number of hydrogen-bond donors (Lipinski definition) is 1. The molecule has 3 rings (SSSR count). The van der Waals surface area contributed by atoms with Crippen molar-refractivity contribution in [1.29, 1.82) is 0 Å². The van der Waals surface area contributed by atoms with Crippen LogP contribution in [0.15, 0.2) is 35.7 Å². The molecule has 8 heteroatoms. The molecule has 1 saturated heterocycles. The highest BCUT2D eigenvalue weighted by atomic mass is 35.5. The van der Waals surface area contributed by atoms with Crippen molar-refractivity contribution in [2.45, 2.75) is 18.9 Å². The van der Waals surface area contributed by atoms with Crippen molar-refractivity contribution in [1.82, 2.24) is 4.90 Å². The van der Waals surface area contributed by atoms with Gasteiger partial charge in [-0.2, -0.15) is 0 Å². The van der Waals surface area contributed by atoms with Crippen LogP contribution < -0.4 is 5.32 Å². The average Bonchev–Trinajstić information content (AvgIpc) is 3.19. The molecule has 24 heavy (non-hydrogen) atoms. The number of nitro groups is 1. The molecule has 1 N–H and O–H groups in total. The zero-order chi connectivity index (χ0) is 17.1. The van der Waals surface area contributed by atoms with E-state index in [2.05, 4.69) is 16.3 Å². The number of amides is 1. The van der Waals surface area contributed by atoms with Gasteiger partial charge in [0.05, 0.1) is 11.5 Å². The number of nitrogens with one attached hydrogen (secondary N) is 1. The lowest BCUT2D eigenvalue weighted by Gasteiger charge is -2.22. The molecule has 1 amide bonds. The largest absolute Gasteiger partial charge is 0.319 e. The van der Waals surface area contributed by atoms with Crippen molar-refractivity contribution in [2.75, 3.05) is 18.4 Å². The molecule has 0 spiro atoms. The molecule has 0 aliphatic carbocycles. The maximum atomic E-state index is 12.3. The number of nitro benzene ring substituents is 1. The van der Waals surface area contributed by atoms with Crippen molar-refractivity contribution in [2.24, 2.45) is 0 Å². The van der Waals surface area contributed by atoms with Crippen LogP contribution in [0.5, 0.6) is 0 Å². The van der Waals surface area contributed by atoms with E-state index in [9.17, 15) is 14.9 Å². The first-order valence-electron chi connectivity index (χ1n) is 7.56. The van der Waals surface area contributed by atoms with Crippen LogP contribution in [-0.2, 0) is 4.79 Å². The molecule has 2 heterocycles. The third-order valence-corrected chi connectivity index (χ3v) is 5.22. The summed E-state index contributed by atoms with van der Waals surface area (Å²) in [6.45, 7) is 1.06. The van der Waals surface area contributed by atoms with Crippen LogP contribution in [0.2, 0.25) is 5.02 Å². The summed E-state index contributed by atoms with van der Waals surface area (Å²) in [5, 5.41) is 16.0. The number of benzene rings is 1. The van der Waals surface area contributed by atoms with Gasteiger partial charge in [-0.15, -0.1) is 11.3 Å². The van der Waals surface area contributed by atoms with E-state index in [-0.39, 0.29) is 34.9 Å². The first-order chi connectivity index (χ1) is 11.5. The van der Waals surface area contributed by atoms with Gasteiger partial charge in [0.2, 0.25) is 5.91 Å². The number of halogens is 1. The maximum absolute atomic E-state index is 12.3. The molecule has 2 aromatic rings. The second-order valence-corrected chi connectivity index (χ2v) is 7.03. The van der Waals surface area contributed by atoms with Crippen LogP contribution in [0.25, 0.3) is 0 Å². The Balaban J connectivity index is 1.69. The van der Waals surface area contributed by atoms with Crippen LogP contribution in [0, 0.1) is 10.1 Å². The van der Waals surface area contributed by atoms with Crippen LogP contribution in [-0.4, -0.2) is 28.8 Å². The third-order valence-electron chi connectivity index (χ3n) is 4.01. The Morgan fingerprint density at radius 1 is 1.46 bits per heavy atom. The summed E-state index contributed by atoms with van der Waals surface area (Å²) in [5.74, 6) is -0.260. The Bertz CT molecular complexity index is 751. The molecule has 0 unspecified atom stereocenters. The number of likely N-dealkylation sites (tertiary alicyclic amines) is 1. The molecule has 1 fully saturated rings. The summed E-state index contributed by atoms with van der Waals surface area (Å²) in [6.07, 6.45) is 2.06. The Labute approximate surface area is 148 Å². The summed E-state index contributed by atoms with van der Waals surface area (Å²) in [7, 11) is 0. The second kappa shape index (κ2) is 7.29. The fourth-order valence-corrected chi connectivity index (χ4v) is 4.02. The number of hydrogen-bond acceptors (Lipinski definition) is 5. The summed E-state index contributed by atoms with van der Waals surface area (Å²) in [6, 6.07) is 8.55. The monoisotopic (exact) mass is 365 g/mol. The zero-order valence-corrected chi connectivity index (χ0v) is 14.3. The van der Waals surface area contributed by atoms with E-state index in [1.165, 1.54) is 23.1 Å². The number of carbonyl (C=O) groups excluding carboxylic acids is 1. The van der Waals surface area contributed by atoms with E-state index in [1.54, 1.807) is 11.3 Å². The van der Waals surface area contributed by atoms with Crippen molar-refractivity contribution < 1.29 is 9.72 Å². The van der Waals surface area contributed by atoms with Gasteiger partial charge >= 0.3 is 0 Å². The van der Waals surface area contributed by atoms with E-state index in [0.29, 0.717) is 0 Å². The highest BCUT2D eigenvalue weighted by molar-refractivity contribution is 7.10. The van der Waals surface area contributed by atoms with Crippen LogP contribution >= 0.6 is 22.9 Å². The summed E-state index contributed by atoms with van der Waals surface area (Å²) in [4.78, 5) is 26.2. The molecule has 0 saturated carbocycles. The van der Waals surface area contributed by atoms with E-state index < -0.39 is 4.92 Å². The molecule has 126 valence electrons. The Kier molecular flexibility index (Phi) is 5.13. The van der Waals surface area contributed by atoms with Gasteiger partial charge in [-0.05, 0) is 43.0 Å². The smallest absolute Gasteiger partial charge is 0.294 e. The molecule has 1 aromatic heterocycles. The number of rotatable bonds is 5. The van der Waals surface area contributed by atoms with Crippen molar-refractivity contribution in [3.8, 4) is 0 Å². The van der Waals surface area contributed by atoms with Gasteiger partial charge in [0.25, 0.3) is 5.69 Å². The Hall–Kier alpha value is -1.96. The molecule has 1 aliphatic heterocycles. The van der Waals surface area contributed by atoms with Gasteiger partial charge in [0.1, 0.15) is 5.69 Å². The van der Waals surface area contributed by atoms with Gasteiger partial charge in [0.15, 0.2) is 0 Å². The molecule has 1 atom stereocenters. The lowest BCUT2D eigenvalue weighted by molar-refractivity contribution is -0.383. The number of nitrogens with zero attached hydrogens (tertiary/aromatic N) is 2. The van der Waals surface area contributed by atoms with Gasteiger partial charge in [-0.25, -0.2) is 0 Å². The number of anilines is 1. The molecule has 6 nitrogen and oxygen atoms in total. The average molecular weight is 366 g/mol. The molecule has 0 radical (unpaired) electrons. The van der Waals surface area contributed by atoms with Crippen LogP contribution in [0.1, 0.15) is 23.8 Å². The highest BCUT2D eigenvalue weighted by Crippen LogP contribution is 2.34. The number of carbonyl (C=O) groups is 1. The molecular formula is C16H16ClN3O3S. The number of thiophene rings is 1. The van der Waals surface area contributed by atoms with Gasteiger partial charge in [0, 0.05) is 22.0 Å². The van der Waals surface area contributed by atoms with E-state index >= 15 is 0 Å². The summed E-state index contributed by atoms with van der Waals surface area (Å²) < 4.78 is 0. The van der Waals surface area contributed by atoms with E-state index in [1.807, 2.05) is 11.4 Å². The minimum Gasteiger partial charge on any atom is -0.319 e. The predicted octanol–water partition coefficient (Wildman–Crippen LogP) is 4.09. The van der Waals surface area contributed by atoms with Crippen molar-refractivity contribution in [3.63, 3.8) is 0 Å². The molecule has 0 bridgehead atoms. The van der Waals surface area contributed by atoms with Crippen LogP contribution in [0.3, 0.4) is 0 Å². The standard InChI is InChI=1S/C16H16ClN3O3S/c17-11-5-6-12(14(9-11)20(22)23)18-16(21)10-19-7-1-3-13(19)15-4-2-8-24-15/h2,4-6,8-9,13H,1,3,7,10H2,(H,18,21)/t13-/m0/s1. The van der Waals surface area contributed by atoms with Gasteiger partial charge in [-0.3, -0.25) is 19.8 Å². The first-order valence-corrected chi connectivity index (χ1v) is 8.81. The minimum atomic E-state index is -0.550. The first kappa shape index (κ1) is 16.9. The van der Waals surface area contributed by atoms with Gasteiger partial charge in [-0.1, -0.05) is 17.7 Å². The fourth-order valence-electron chi connectivity index (χ4n) is 2.95. The third kappa shape index (κ3) is 3.75. The van der Waals surface area contributed by atoms with E-state index in [0.717, 1.165) is 19.4 Å². The minimum absolute atomic E-state index is 0.168. The second-order valence-electron chi connectivity index (χ2n) is 5.61. The normalized spacial score (nSPS) is 17.8. The topological polar surface area (TPSA) is 75.5 Å². The SMILES string of the molecule is O=C(CN1CCC[C@H]1c1cccs1)Nc1ccc(Cl)cc1[N+](=O)[O-]. The molecular weight excluding hydrogens is 350 g/mol. The Morgan fingerprint density at radius 3 is 3.00 bits per heavy atom. The van der Waals surface area contributed by atoms with Gasteiger partial charge < -0.3 is 5.32 Å². The predicted molar refractivity (Wildman–Crippen MR) is 94.6 cm³/mol. The summed E-state index contributed by atoms with van der Waals surface area (Å²) in [5.41, 5.74) is -0.0339. The molecule has 1 aromatic carbocycles. The van der Waals surface area contributed by atoms with E-state index in [4.69, 9.17) is 11.6 Å². The van der Waals surface area contributed by atoms with Crippen LogP contribution in [0.4, 0.5) is 11.4 Å². The zero-order valence-electron chi connectivity index (χ0n) is 12.8. The van der Waals surface area contributed by atoms with Crippen molar-refractivity contribution >= 4 is 40.2 Å². The lowest BCUT2D eigenvalue weighted by Crippen LogP contribution is -2.32. The fraction of sp³-hybridized carbons (Fsp3) is 0.312. The quantitative estimate of drug-likeness (QED) is 0.639. The maximum Gasteiger partial charge on any atom is 0.294 e. The summed E-state index contributed by atoms with van der Waals surface area (Å²) >= 11 is 7.47. The van der Waals surface area contributed by atoms with Crippen molar-refractivity contribution in [3.05, 3.63) is 55.7 Å². The Morgan fingerprint density at radius 2 is 2.29 bits per heavy atom.